The van der Waals surface area contributed by atoms with E-state index >= 15 is 0 Å². The molecule has 0 fully saturated rings. The second-order valence-electron chi connectivity index (χ2n) is 8.95. The zero-order valence-corrected chi connectivity index (χ0v) is 22.5. The van der Waals surface area contributed by atoms with Crippen molar-refractivity contribution < 1.29 is 19.1 Å². The Hall–Kier alpha value is -4.29. The smallest absolute Gasteiger partial charge is 0.261 e. The largest absolute Gasteiger partial charge is 0.497 e. The normalized spacial score (nSPS) is 11.3. The summed E-state index contributed by atoms with van der Waals surface area (Å²) in [5.74, 6) is 0.781. The van der Waals surface area contributed by atoms with Gasteiger partial charge < -0.3 is 19.7 Å². The average Bonchev–Trinajstić information content (AvgIpc) is 2.98. The number of amides is 2. The number of nitrogens with zero attached hydrogens (tertiary/aromatic N) is 1. The first-order valence-corrected chi connectivity index (χ1v) is 13.1. The number of hydrogen-bond acceptors (Lipinski definition) is 4. The van der Waals surface area contributed by atoms with Gasteiger partial charge in [0.25, 0.3) is 5.91 Å². The number of carbonyl (C=O) groups excluding carboxylic acids is 2. The first-order valence-electron chi connectivity index (χ1n) is 12.7. The molecule has 0 unspecified atom stereocenters. The van der Waals surface area contributed by atoms with Gasteiger partial charge in [0.05, 0.1) is 7.11 Å². The SMILES string of the molecule is COc1ccc(CCNC(=O)[C@@H](c2ccccc2)N(Cc2ccc(Cl)cc2)C(=O)COc2ccccc2)cc1. The van der Waals surface area contributed by atoms with Gasteiger partial charge in [0, 0.05) is 18.1 Å². The van der Waals surface area contributed by atoms with Gasteiger partial charge >= 0.3 is 0 Å². The molecule has 0 saturated heterocycles. The number of ether oxygens (including phenoxy) is 2. The molecule has 0 aliphatic heterocycles. The number of nitrogens with one attached hydrogen (secondary N) is 1. The lowest BCUT2D eigenvalue weighted by Crippen LogP contribution is -2.45. The molecule has 1 atom stereocenters. The molecule has 0 saturated carbocycles. The quantitative estimate of drug-likeness (QED) is 0.244. The number of methoxy groups -OCH3 is 1. The topological polar surface area (TPSA) is 67.9 Å². The molecule has 4 aromatic rings. The van der Waals surface area contributed by atoms with Gasteiger partial charge in [0.1, 0.15) is 17.5 Å². The van der Waals surface area contributed by atoms with E-state index in [2.05, 4.69) is 5.32 Å². The highest BCUT2D eigenvalue weighted by Gasteiger charge is 2.31. The lowest BCUT2D eigenvalue weighted by atomic mass is 10.0. The minimum Gasteiger partial charge on any atom is -0.497 e. The molecule has 0 radical (unpaired) electrons. The molecular formula is C32H31ClN2O4. The Kier molecular flexibility index (Phi) is 9.98. The summed E-state index contributed by atoms with van der Waals surface area (Å²) < 4.78 is 11.0. The average molecular weight is 543 g/mol. The van der Waals surface area contributed by atoms with Crippen molar-refractivity contribution in [3.63, 3.8) is 0 Å². The van der Waals surface area contributed by atoms with E-state index in [1.807, 2.05) is 84.9 Å². The van der Waals surface area contributed by atoms with Crippen LogP contribution in [0.25, 0.3) is 0 Å². The molecule has 39 heavy (non-hydrogen) atoms. The highest BCUT2D eigenvalue weighted by Crippen LogP contribution is 2.25. The number of carbonyl (C=O) groups is 2. The molecule has 200 valence electrons. The van der Waals surface area contributed by atoms with E-state index in [1.165, 1.54) is 0 Å². The van der Waals surface area contributed by atoms with Crippen LogP contribution < -0.4 is 14.8 Å². The third-order valence-electron chi connectivity index (χ3n) is 6.24. The van der Waals surface area contributed by atoms with Crippen LogP contribution in [0.2, 0.25) is 5.02 Å². The van der Waals surface area contributed by atoms with Crippen LogP contribution in [0.1, 0.15) is 22.7 Å². The van der Waals surface area contributed by atoms with Crippen molar-refractivity contribution in [3.05, 3.63) is 131 Å². The maximum Gasteiger partial charge on any atom is 0.261 e. The Balaban J connectivity index is 1.56. The molecule has 0 bridgehead atoms. The third kappa shape index (κ3) is 8.09. The Morgan fingerprint density at radius 2 is 1.41 bits per heavy atom. The van der Waals surface area contributed by atoms with Crippen molar-refractivity contribution in [2.45, 2.75) is 19.0 Å². The Morgan fingerprint density at radius 3 is 2.05 bits per heavy atom. The van der Waals surface area contributed by atoms with Crippen LogP contribution in [0.4, 0.5) is 0 Å². The van der Waals surface area contributed by atoms with Crippen LogP contribution in [-0.4, -0.2) is 37.0 Å². The maximum absolute atomic E-state index is 13.7. The summed E-state index contributed by atoms with van der Waals surface area (Å²) >= 11 is 6.09. The zero-order chi connectivity index (χ0) is 27.5. The molecule has 0 spiro atoms. The number of rotatable bonds is 12. The van der Waals surface area contributed by atoms with Crippen LogP contribution in [0, 0.1) is 0 Å². The highest BCUT2D eigenvalue weighted by molar-refractivity contribution is 6.30. The van der Waals surface area contributed by atoms with Crippen molar-refractivity contribution >= 4 is 23.4 Å². The summed E-state index contributed by atoms with van der Waals surface area (Å²) in [7, 11) is 1.63. The van der Waals surface area contributed by atoms with Crippen molar-refractivity contribution in [1.29, 1.82) is 0 Å². The van der Waals surface area contributed by atoms with Crippen molar-refractivity contribution in [1.82, 2.24) is 10.2 Å². The van der Waals surface area contributed by atoms with Gasteiger partial charge in [-0.1, -0.05) is 84.4 Å². The minimum atomic E-state index is -0.857. The van der Waals surface area contributed by atoms with Crippen LogP contribution in [0.15, 0.2) is 109 Å². The monoisotopic (exact) mass is 542 g/mol. The summed E-state index contributed by atoms with van der Waals surface area (Å²) in [4.78, 5) is 28.9. The molecule has 0 aliphatic rings. The maximum atomic E-state index is 13.7. The second-order valence-corrected chi connectivity index (χ2v) is 9.39. The van der Waals surface area contributed by atoms with Crippen LogP contribution in [-0.2, 0) is 22.6 Å². The van der Waals surface area contributed by atoms with Gasteiger partial charge in [-0.15, -0.1) is 0 Å². The Bertz CT molecular complexity index is 1330. The predicted octanol–water partition coefficient (Wildman–Crippen LogP) is 5.86. The van der Waals surface area contributed by atoms with Gasteiger partial charge in [-0.25, -0.2) is 0 Å². The number of halogens is 1. The molecule has 0 aromatic heterocycles. The Labute approximate surface area is 234 Å². The van der Waals surface area contributed by atoms with Crippen LogP contribution in [0.5, 0.6) is 11.5 Å². The predicted molar refractivity (Wildman–Crippen MR) is 153 cm³/mol. The molecule has 7 heteroatoms. The summed E-state index contributed by atoms with van der Waals surface area (Å²) in [6.45, 7) is 0.414. The first-order chi connectivity index (χ1) is 19.0. The molecule has 0 aliphatic carbocycles. The first kappa shape index (κ1) is 27.7. The summed E-state index contributed by atoms with van der Waals surface area (Å²) in [5, 5.41) is 3.63. The summed E-state index contributed by atoms with van der Waals surface area (Å²) in [6, 6.07) is 32.6. The lowest BCUT2D eigenvalue weighted by molar-refractivity contribution is -0.143. The number of para-hydroxylation sites is 1. The van der Waals surface area contributed by atoms with Gasteiger partial charge in [0.2, 0.25) is 5.91 Å². The summed E-state index contributed by atoms with van der Waals surface area (Å²) in [5.41, 5.74) is 2.62. The van der Waals surface area contributed by atoms with E-state index in [4.69, 9.17) is 21.1 Å². The zero-order valence-electron chi connectivity index (χ0n) is 21.8. The van der Waals surface area contributed by atoms with Gasteiger partial charge in [-0.3, -0.25) is 9.59 Å². The molecule has 4 aromatic carbocycles. The van der Waals surface area contributed by atoms with Gasteiger partial charge in [-0.05, 0) is 59.5 Å². The standard InChI is InChI=1S/C32H31ClN2O4/c1-38-28-18-14-24(15-19-28)20-21-34-32(37)31(26-8-4-2-5-9-26)35(22-25-12-16-27(33)17-13-25)30(36)23-39-29-10-6-3-7-11-29/h2-19,31H,20-23H2,1H3,(H,34,37)/t31-/m1/s1. The van der Waals surface area contributed by atoms with Gasteiger partial charge in [-0.2, -0.15) is 0 Å². The third-order valence-corrected chi connectivity index (χ3v) is 6.49. The van der Waals surface area contributed by atoms with E-state index in [9.17, 15) is 9.59 Å². The van der Waals surface area contributed by atoms with Crippen molar-refractivity contribution in [2.75, 3.05) is 20.3 Å². The van der Waals surface area contributed by atoms with E-state index in [0.717, 1.165) is 16.9 Å². The number of benzene rings is 4. The van der Waals surface area contributed by atoms with E-state index in [-0.39, 0.29) is 25.0 Å². The fourth-order valence-electron chi connectivity index (χ4n) is 4.18. The molecule has 4 rings (SSSR count). The van der Waals surface area contributed by atoms with Crippen molar-refractivity contribution in [2.24, 2.45) is 0 Å². The highest BCUT2D eigenvalue weighted by atomic mass is 35.5. The van der Waals surface area contributed by atoms with E-state index < -0.39 is 6.04 Å². The van der Waals surface area contributed by atoms with Gasteiger partial charge in [0.15, 0.2) is 6.61 Å². The molecular weight excluding hydrogens is 512 g/mol. The van der Waals surface area contributed by atoms with Crippen LogP contribution in [0.3, 0.4) is 0 Å². The summed E-state index contributed by atoms with van der Waals surface area (Å²) in [6.07, 6.45) is 0.638. The minimum absolute atomic E-state index is 0.208. The molecule has 1 N–H and O–H groups in total. The second kappa shape index (κ2) is 14.0. The van der Waals surface area contributed by atoms with Crippen molar-refractivity contribution in [3.8, 4) is 11.5 Å². The fourth-order valence-corrected chi connectivity index (χ4v) is 4.31. The van der Waals surface area contributed by atoms with Crippen LogP contribution >= 0.6 is 11.6 Å². The number of hydrogen-bond donors (Lipinski definition) is 1. The fraction of sp³-hybridized carbons (Fsp3) is 0.188. The lowest BCUT2D eigenvalue weighted by Gasteiger charge is -2.31. The van der Waals surface area contributed by atoms with E-state index in [0.29, 0.717) is 29.3 Å². The molecule has 0 heterocycles. The Morgan fingerprint density at radius 1 is 0.795 bits per heavy atom. The molecule has 6 nitrogen and oxygen atoms in total. The molecule has 2 amide bonds. The van der Waals surface area contributed by atoms with E-state index in [1.54, 1.807) is 36.3 Å².